The van der Waals surface area contributed by atoms with Crippen LogP contribution in [0, 0.1) is 0 Å². The number of ether oxygens (including phenoxy) is 1. The first-order valence-electron chi connectivity index (χ1n) is 3.50. The van der Waals surface area contributed by atoms with E-state index >= 15 is 0 Å². The summed E-state index contributed by atoms with van der Waals surface area (Å²) in [6.07, 6.45) is 1.40. The van der Waals surface area contributed by atoms with Crippen LogP contribution in [0.15, 0.2) is 6.20 Å². The first-order valence-corrected chi connectivity index (χ1v) is 3.88. The molecular weight excluding hydrogens is 180 g/mol. The number of carbonyl (C=O) groups is 1. The molecule has 1 rings (SSSR count). The van der Waals surface area contributed by atoms with Crippen molar-refractivity contribution in [1.82, 2.24) is 9.78 Å². The summed E-state index contributed by atoms with van der Waals surface area (Å²) in [4.78, 5) is 11.0. The number of hydrogen-bond donors (Lipinski definition) is 0. The number of esters is 1. The molecule has 0 fully saturated rings. The SMILES string of the molecule is CCn1ncc(C(=O)OC)c1Cl. The molecule has 0 N–H and O–H groups in total. The predicted octanol–water partition coefficient (Wildman–Crippen LogP) is 1.34. The van der Waals surface area contributed by atoms with E-state index in [0.717, 1.165) is 0 Å². The number of carbonyl (C=O) groups excluding carboxylic acids is 1. The van der Waals surface area contributed by atoms with Crippen molar-refractivity contribution in [3.05, 3.63) is 16.9 Å². The van der Waals surface area contributed by atoms with E-state index in [0.29, 0.717) is 17.3 Å². The van der Waals surface area contributed by atoms with Crippen LogP contribution in [-0.2, 0) is 11.3 Å². The zero-order valence-electron chi connectivity index (χ0n) is 6.87. The van der Waals surface area contributed by atoms with Crippen LogP contribution in [0.2, 0.25) is 5.15 Å². The molecule has 66 valence electrons. The highest BCUT2D eigenvalue weighted by Gasteiger charge is 2.14. The number of nitrogens with zero attached hydrogens (tertiary/aromatic N) is 2. The molecular formula is C7H9ClN2O2. The van der Waals surface area contributed by atoms with Gasteiger partial charge in [-0.2, -0.15) is 5.10 Å². The Morgan fingerprint density at radius 3 is 2.92 bits per heavy atom. The lowest BCUT2D eigenvalue weighted by Gasteiger charge is -1.97. The maximum Gasteiger partial charge on any atom is 0.342 e. The zero-order chi connectivity index (χ0) is 9.14. The summed E-state index contributed by atoms with van der Waals surface area (Å²) in [6, 6.07) is 0. The molecule has 1 aromatic heterocycles. The van der Waals surface area contributed by atoms with Crippen LogP contribution in [0.25, 0.3) is 0 Å². The monoisotopic (exact) mass is 188 g/mol. The highest BCUT2D eigenvalue weighted by atomic mass is 35.5. The second kappa shape index (κ2) is 3.58. The summed E-state index contributed by atoms with van der Waals surface area (Å²) < 4.78 is 6.02. The average Bonchev–Trinajstić information content (AvgIpc) is 2.45. The molecule has 0 atom stereocenters. The first-order chi connectivity index (χ1) is 5.70. The van der Waals surface area contributed by atoms with Gasteiger partial charge in [0.25, 0.3) is 0 Å². The van der Waals surface area contributed by atoms with E-state index in [-0.39, 0.29) is 0 Å². The van der Waals surface area contributed by atoms with Gasteiger partial charge in [0.05, 0.1) is 13.3 Å². The minimum Gasteiger partial charge on any atom is -0.465 e. The van der Waals surface area contributed by atoms with Gasteiger partial charge in [0.15, 0.2) is 0 Å². The van der Waals surface area contributed by atoms with Gasteiger partial charge in [-0.05, 0) is 6.92 Å². The third kappa shape index (κ3) is 1.43. The summed E-state index contributed by atoms with van der Waals surface area (Å²) >= 11 is 5.80. The molecule has 0 aliphatic heterocycles. The molecule has 4 nitrogen and oxygen atoms in total. The summed E-state index contributed by atoms with van der Waals surface area (Å²) in [5.74, 6) is -0.459. The van der Waals surface area contributed by atoms with Gasteiger partial charge in [-0.3, -0.25) is 4.68 Å². The van der Waals surface area contributed by atoms with Crippen LogP contribution in [-0.4, -0.2) is 22.9 Å². The Bertz CT molecular complexity index is 296. The van der Waals surface area contributed by atoms with Gasteiger partial charge in [-0.15, -0.1) is 0 Å². The topological polar surface area (TPSA) is 44.1 Å². The minimum absolute atomic E-state index is 0.306. The molecule has 0 bridgehead atoms. The smallest absolute Gasteiger partial charge is 0.342 e. The van der Waals surface area contributed by atoms with Crippen molar-refractivity contribution in [2.45, 2.75) is 13.5 Å². The molecule has 5 heteroatoms. The van der Waals surface area contributed by atoms with Crippen LogP contribution in [0.3, 0.4) is 0 Å². The van der Waals surface area contributed by atoms with Crippen LogP contribution >= 0.6 is 11.6 Å². The fraction of sp³-hybridized carbons (Fsp3) is 0.429. The standard InChI is InChI=1S/C7H9ClN2O2/c1-3-10-6(8)5(4-9-10)7(11)12-2/h4H,3H2,1-2H3. The van der Waals surface area contributed by atoms with Gasteiger partial charge in [0.1, 0.15) is 10.7 Å². The summed E-state index contributed by atoms with van der Waals surface area (Å²) in [5.41, 5.74) is 0.306. The Kier molecular flexibility index (Phi) is 2.70. The molecule has 12 heavy (non-hydrogen) atoms. The Labute approximate surface area is 75.1 Å². The normalized spacial score (nSPS) is 9.92. The quantitative estimate of drug-likeness (QED) is 0.658. The number of aryl methyl sites for hydroxylation is 1. The molecule has 0 amide bonds. The largest absolute Gasteiger partial charge is 0.465 e. The summed E-state index contributed by atoms with van der Waals surface area (Å²) in [7, 11) is 1.31. The van der Waals surface area contributed by atoms with Crippen molar-refractivity contribution in [1.29, 1.82) is 0 Å². The van der Waals surface area contributed by atoms with Crippen molar-refractivity contribution >= 4 is 17.6 Å². The molecule has 0 saturated heterocycles. The van der Waals surface area contributed by atoms with Crippen LogP contribution in [0.5, 0.6) is 0 Å². The fourth-order valence-corrected chi connectivity index (χ4v) is 1.13. The molecule has 0 spiro atoms. The van der Waals surface area contributed by atoms with E-state index in [1.165, 1.54) is 18.0 Å². The van der Waals surface area contributed by atoms with E-state index < -0.39 is 5.97 Å². The van der Waals surface area contributed by atoms with E-state index in [2.05, 4.69) is 9.84 Å². The molecule has 0 unspecified atom stereocenters. The molecule has 1 aromatic rings. The number of methoxy groups -OCH3 is 1. The maximum absolute atomic E-state index is 11.0. The Balaban J connectivity index is 3.02. The van der Waals surface area contributed by atoms with Crippen molar-refractivity contribution in [2.75, 3.05) is 7.11 Å². The van der Waals surface area contributed by atoms with E-state index in [1.54, 1.807) is 0 Å². The van der Waals surface area contributed by atoms with Crippen molar-refractivity contribution in [3.8, 4) is 0 Å². The molecule has 0 radical (unpaired) electrons. The summed E-state index contributed by atoms with van der Waals surface area (Å²) in [6.45, 7) is 2.52. The maximum atomic E-state index is 11.0. The van der Waals surface area contributed by atoms with Gasteiger partial charge in [-0.25, -0.2) is 4.79 Å². The molecule has 0 aliphatic rings. The van der Waals surface area contributed by atoms with Crippen LogP contribution in [0.1, 0.15) is 17.3 Å². The van der Waals surface area contributed by atoms with Crippen molar-refractivity contribution < 1.29 is 9.53 Å². The third-order valence-electron chi connectivity index (χ3n) is 1.48. The minimum atomic E-state index is -0.459. The van der Waals surface area contributed by atoms with Gasteiger partial charge >= 0.3 is 5.97 Å². The van der Waals surface area contributed by atoms with E-state index in [9.17, 15) is 4.79 Å². The average molecular weight is 189 g/mol. The van der Waals surface area contributed by atoms with Crippen molar-refractivity contribution in [2.24, 2.45) is 0 Å². The van der Waals surface area contributed by atoms with Gasteiger partial charge < -0.3 is 4.74 Å². The van der Waals surface area contributed by atoms with Gasteiger partial charge in [0.2, 0.25) is 0 Å². The number of aromatic nitrogens is 2. The van der Waals surface area contributed by atoms with Crippen molar-refractivity contribution in [3.63, 3.8) is 0 Å². The lowest BCUT2D eigenvalue weighted by atomic mass is 10.4. The number of hydrogen-bond acceptors (Lipinski definition) is 3. The Hall–Kier alpha value is -1.03. The van der Waals surface area contributed by atoms with Crippen LogP contribution in [0.4, 0.5) is 0 Å². The predicted molar refractivity (Wildman–Crippen MR) is 44.3 cm³/mol. The molecule has 0 saturated carbocycles. The Morgan fingerprint density at radius 2 is 2.50 bits per heavy atom. The third-order valence-corrected chi connectivity index (χ3v) is 1.88. The number of halogens is 1. The summed E-state index contributed by atoms with van der Waals surface area (Å²) in [5, 5.41) is 4.21. The molecule has 0 aromatic carbocycles. The number of rotatable bonds is 2. The highest BCUT2D eigenvalue weighted by Crippen LogP contribution is 2.15. The fourth-order valence-electron chi connectivity index (χ4n) is 0.838. The van der Waals surface area contributed by atoms with Gasteiger partial charge in [0, 0.05) is 6.54 Å². The molecule has 1 heterocycles. The molecule has 0 aliphatic carbocycles. The zero-order valence-corrected chi connectivity index (χ0v) is 7.63. The van der Waals surface area contributed by atoms with Gasteiger partial charge in [-0.1, -0.05) is 11.6 Å². The van der Waals surface area contributed by atoms with Crippen LogP contribution < -0.4 is 0 Å². The van der Waals surface area contributed by atoms with E-state index in [1.807, 2.05) is 6.92 Å². The Morgan fingerprint density at radius 1 is 1.83 bits per heavy atom. The first kappa shape index (κ1) is 9.06. The lowest BCUT2D eigenvalue weighted by molar-refractivity contribution is 0.0601. The second-order valence-electron chi connectivity index (χ2n) is 2.16. The lowest BCUT2D eigenvalue weighted by Crippen LogP contribution is -2.01. The van der Waals surface area contributed by atoms with E-state index in [4.69, 9.17) is 11.6 Å². The second-order valence-corrected chi connectivity index (χ2v) is 2.51. The highest BCUT2D eigenvalue weighted by molar-refractivity contribution is 6.32.